The van der Waals surface area contributed by atoms with Crippen LogP contribution in [0.2, 0.25) is 5.02 Å². The minimum Gasteiger partial charge on any atom is -0.495 e. The maximum Gasteiger partial charge on any atom is 0.256 e. The standard InChI is InChI=1S/C16H17ClN2O2/c1-19(10-11-6-8-12(17)9-7-11)16(20)13-4-3-5-14(21-2)15(13)18/h3-9H,10,18H2,1-2H3. The summed E-state index contributed by atoms with van der Waals surface area (Å²) in [6.45, 7) is 0.479. The van der Waals surface area contributed by atoms with Crippen molar-refractivity contribution < 1.29 is 9.53 Å². The van der Waals surface area contributed by atoms with E-state index in [1.54, 1.807) is 42.3 Å². The Morgan fingerprint density at radius 1 is 1.24 bits per heavy atom. The summed E-state index contributed by atoms with van der Waals surface area (Å²) in [5.41, 5.74) is 7.74. The lowest BCUT2D eigenvalue weighted by molar-refractivity contribution is 0.0786. The number of carbonyl (C=O) groups is 1. The summed E-state index contributed by atoms with van der Waals surface area (Å²) in [5, 5.41) is 0.671. The van der Waals surface area contributed by atoms with Gasteiger partial charge in [-0.05, 0) is 29.8 Å². The molecule has 2 aromatic carbocycles. The van der Waals surface area contributed by atoms with E-state index in [-0.39, 0.29) is 5.91 Å². The number of ether oxygens (including phenoxy) is 1. The first-order valence-corrected chi connectivity index (χ1v) is 6.83. The normalized spacial score (nSPS) is 10.2. The van der Waals surface area contributed by atoms with Gasteiger partial charge in [-0.15, -0.1) is 0 Å². The van der Waals surface area contributed by atoms with Crippen molar-refractivity contribution in [1.82, 2.24) is 4.90 Å². The van der Waals surface area contributed by atoms with Crippen LogP contribution in [0.5, 0.6) is 5.75 Å². The highest BCUT2D eigenvalue weighted by Gasteiger charge is 2.17. The van der Waals surface area contributed by atoms with Gasteiger partial charge in [-0.3, -0.25) is 4.79 Å². The average molecular weight is 305 g/mol. The molecule has 0 aliphatic rings. The number of carbonyl (C=O) groups excluding carboxylic acids is 1. The Hall–Kier alpha value is -2.20. The molecule has 1 amide bonds. The molecule has 5 heteroatoms. The lowest BCUT2D eigenvalue weighted by Gasteiger charge is -2.19. The zero-order valence-corrected chi connectivity index (χ0v) is 12.7. The van der Waals surface area contributed by atoms with E-state index in [4.69, 9.17) is 22.1 Å². The van der Waals surface area contributed by atoms with Crippen molar-refractivity contribution in [2.24, 2.45) is 0 Å². The lowest BCUT2D eigenvalue weighted by Crippen LogP contribution is -2.27. The number of nitrogens with zero attached hydrogens (tertiary/aromatic N) is 1. The number of amides is 1. The third-order valence-corrected chi connectivity index (χ3v) is 3.45. The number of hydrogen-bond acceptors (Lipinski definition) is 3. The van der Waals surface area contributed by atoms with E-state index >= 15 is 0 Å². The van der Waals surface area contributed by atoms with Crippen molar-refractivity contribution in [2.75, 3.05) is 19.9 Å². The number of hydrogen-bond donors (Lipinski definition) is 1. The van der Waals surface area contributed by atoms with E-state index in [2.05, 4.69) is 0 Å². The maximum atomic E-state index is 12.5. The van der Waals surface area contributed by atoms with Gasteiger partial charge in [0.1, 0.15) is 5.75 Å². The first kappa shape index (κ1) is 15.2. The molecule has 0 aliphatic carbocycles. The van der Waals surface area contributed by atoms with Crippen LogP contribution in [0.3, 0.4) is 0 Å². The van der Waals surface area contributed by atoms with Gasteiger partial charge in [0, 0.05) is 18.6 Å². The molecule has 0 fully saturated rings. The van der Waals surface area contributed by atoms with Crippen LogP contribution >= 0.6 is 11.6 Å². The Bertz CT molecular complexity index is 641. The third-order valence-electron chi connectivity index (χ3n) is 3.20. The van der Waals surface area contributed by atoms with E-state index in [0.29, 0.717) is 28.6 Å². The molecule has 0 unspecified atom stereocenters. The highest BCUT2D eigenvalue weighted by molar-refractivity contribution is 6.30. The van der Waals surface area contributed by atoms with Crippen LogP contribution in [0.1, 0.15) is 15.9 Å². The number of rotatable bonds is 4. The van der Waals surface area contributed by atoms with Crippen molar-refractivity contribution in [2.45, 2.75) is 6.54 Å². The fourth-order valence-electron chi connectivity index (χ4n) is 2.05. The highest BCUT2D eigenvalue weighted by atomic mass is 35.5. The molecule has 110 valence electrons. The van der Waals surface area contributed by atoms with Gasteiger partial charge in [0.05, 0.1) is 18.4 Å². The summed E-state index contributed by atoms with van der Waals surface area (Å²) >= 11 is 5.85. The molecule has 0 saturated heterocycles. The fraction of sp³-hybridized carbons (Fsp3) is 0.188. The van der Waals surface area contributed by atoms with Crippen molar-refractivity contribution in [1.29, 1.82) is 0 Å². The van der Waals surface area contributed by atoms with Gasteiger partial charge in [0.25, 0.3) is 5.91 Å². The molecular weight excluding hydrogens is 288 g/mol. The average Bonchev–Trinajstić information content (AvgIpc) is 2.49. The molecule has 0 heterocycles. The lowest BCUT2D eigenvalue weighted by atomic mass is 10.1. The van der Waals surface area contributed by atoms with Crippen LogP contribution in [-0.2, 0) is 6.54 Å². The first-order valence-electron chi connectivity index (χ1n) is 6.45. The minimum absolute atomic E-state index is 0.152. The fourth-order valence-corrected chi connectivity index (χ4v) is 2.18. The highest BCUT2D eigenvalue weighted by Crippen LogP contribution is 2.26. The number of nitrogens with two attached hydrogens (primary N) is 1. The van der Waals surface area contributed by atoms with Gasteiger partial charge in [-0.1, -0.05) is 29.8 Å². The molecule has 4 nitrogen and oxygen atoms in total. The Labute approximate surface area is 129 Å². The quantitative estimate of drug-likeness (QED) is 0.883. The number of halogens is 1. The van der Waals surface area contributed by atoms with E-state index in [1.165, 1.54) is 7.11 Å². The SMILES string of the molecule is COc1cccc(C(=O)N(C)Cc2ccc(Cl)cc2)c1N. The topological polar surface area (TPSA) is 55.6 Å². The largest absolute Gasteiger partial charge is 0.495 e. The second-order valence-corrected chi connectivity index (χ2v) is 5.15. The monoisotopic (exact) mass is 304 g/mol. The predicted octanol–water partition coefficient (Wildman–Crippen LogP) is 3.20. The number of nitrogen functional groups attached to an aromatic ring is 1. The van der Waals surface area contributed by atoms with Crippen LogP contribution in [0.4, 0.5) is 5.69 Å². The van der Waals surface area contributed by atoms with Crippen molar-refractivity contribution in [3.05, 3.63) is 58.6 Å². The third kappa shape index (κ3) is 3.47. The summed E-state index contributed by atoms with van der Waals surface area (Å²) in [4.78, 5) is 14.1. The van der Waals surface area contributed by atoms with Gasteiger partial charge >= 0.3 is 0 Å². The molecule has 2 rings (SSSR count). The van der Waals surface area contributed by atoms with E-state index in [9.17, 15) is 4.79 Å². The molecule has 2 N–H and O–H groups in total. The van der Waals surface area contributed by atoms with Crippen molar-refractivity contribution >= 4 is 23.2 Å². The van der Waals surface area contributed by atoms with Gasteiger partial charge in [0.15, 0.2) is 0 Å². The summed E-state index contributed by atoms with van der Waals surface area (Å²) < 4.78 is 5.14. The number of methoxy groups -OCH3 is 1. The summed E-state index contributed by atoms with van der Waals surface area (Å²) in [5.74, 6) is 0.349. The molecule has 0 spiro atoms. The maximum absolute atomic E-state index is 12.5. The minimum atomic E-state index is -0.152. The van der Waals surface area contributed by atoms with Gasteiger partial charge in [-0.2, -0.15) is 0 Å². The summed E-state index contributed by atoms with van der Waals surface area (Å²) in [7, 11) is 3.26. The molecule has 0 radical (unpaired) electrons. The summed E-state index contributed by atoms with van der Waals surface area (Å²) in [6.07, 6.45) is 0. The number of benzene rings is 2. The summed E-state index contributed by atoms with van der Waals surface area (Å²) in [6, 6.07) is 12.6. The zero-order chi connectivity index (χ0) is 15.4. The second kappa shape index (κ2) is 6.50. The Balaban J connectivity index is 2.17. The Morgan fingerprint density at radius 2 is 1.90 bits per heavy atom. The molecule has 0 aromatic heterocycles. The molecule has 0 aliphatic heterocycles. The van der Waals surface area contributed by atoms with Crippen molar-refractivity contribution in [3.63, 3.8) is 0 Å². The van der Waals surface area contributed by atoms with Gasteiger partial charge < -0.3 is 15.4 Å². The van der Waals surface area contributed by atoms with E-state index in [1.807, 2.05) is 12.1 Å². The smallest absolute Gasteiger partial charge is 0.256 e. The molecule has 0 saturated carbocycles. The Morgan fingerprint density at radius 3 is 2.52 bits per heavy atom. The number of para-hydroxylation sites is 1. The Kier molecular flexibility index (Phi) is 4.70. The van der Waals surface area contributed by atoms with Gasteiger partial charge in [0.2, 0.25) is 0 Å². The van der Waals surface area contributed by atoms with E-state index in [0.717, 1.165) is 5.56 Å². The second-order valence-electron chi connectivity index (χ2n) is 4.71. The molecular formula is C16H17ClN2O2. The van der Waals surface area contributed by atoms with Crippen LogP contribution in [0.25, 0.3) is 0 Å². The molecule has 0 atom stereocenters. The predicted molar refractivity (Wildman–Crippen MR) is 84.7 cm³/mol. The van der Waals surface area contributed by atoms with Crippen LogP contribution in [0.15, 0.2) is 42.5 Å². The van der Waals surface area contributed by atoms with Crippen LogP contribution in [0, 0.1) is 0 Å². The van der Waals surface area contributed by atoms with E-state index < -0.39 is 0 Å². The molecule has 21 heavy (non-hydrogen) atoms. The van der Waals surface area contributed by atoms with Crippen LogP contribution < -0.4 is 10.5 Å². The first-order chi connectivity index (χ1) is 10.0. The number of anilines is 1. The molecule has 0 bridgehead atoms. The van der Waals surface area contributed by atoms with Crippen LogP contribution in [-0.4, -0.2) is 25.0 Å². The zero-order valence-electron chi connectivity index (χ0n) is 12.0. The van der Waals surface area contributed by atoms with Gasteiger partial charge in [-0.25, -0.2) is 0 Å². The van der Waals surface area contributed by atoms with Crippen molar-refractivity contribution in [3.8, 4) is 5.75 Å². The molecule has 2 aromatic rings.